The van der Waals surface area contributed by atoms with Crippen molar-refractivity contribution in [3.63, 3.8) is 0 Å². The van der Waals surface area contributed by atoms with Crippen LogP contribution in [0.25, 0.3) is 0 Å². The van der Waals surface area contributed by atoms with E-state index in [4.69, 9.17) is 0 Å². The maximum absolute atomic E-state index is 12.5. The van der Waals surface area contributed by atoms with E-state index in [-0.39, 0.29) is 0 Å². The van der Waals surface area contributed by atoms with Gasteiger partial charge in [-0.25, -0.2) is 0 Å². The number of carbonyl (C=O) groups excluding carboxylic acids is 1. The Kier molecular flexibility index (Phi) is 6.60. The van der Waals surface area contributed by atoms with Gasteiger partial charge in [-0.2, -0.15) is 0 Å². The Bertz CT molecular complexity index is 769. The first kappa shape index (κ1) is 20.1. The van der Waals surface area contributed by atoms with Gasteiger partial charge in [-0.05, 0) is 80.8 Å². The predicted octanol–water partition coefficient (Wildman–Crippen LogP) is 3.96. The number of hydrogen-bond acceptors (Lipinski definition) is 3. The average Bonchev–Trinajstić information content (AvgIpc) is 2.77. The molecule has 0 bridgehead atoms. The fourth-order valence-corrected chi connectivity index (χ4v) is 4.93. The van der Waals surface area contributed by atoms with Crippen LogP contribution >= 0.6 is 0 Å². The third kappa shape index (κ3) is 5.45. The highest BCUT2D eigenvalue weighted by molar-refractivity contribution is 5.77. The molecule has 3 heterocycles. The Morgan fingerprint density at radius 2 is 1.69 bits per heavy atom. The highest BCUT2D eigenvalue weighted by Crippen LogP contribution is 2.40. The van der Waals surface area contributed by atoms with Crippen LogP contribution in [0.15, 0.2) is 54.9 Å². The average molecular weight is 392 g/mol. The molecule has 0 aliphatic carbocycles. The van der Waals surface area contributed by atoms with Crippen LogP contribution in [0, 0.1) is 5.41 Å². The first-order valence-electron chi connectivity index (χ1n) is 11.2. The van der Waals surface area contributed by atoms with Crippen LogP contribution in [-0.2, 0) is 17.6 Å². The van der Waals surface area contributed by atoms with Crippen LogP contribution < -0.4 is 0 Å². The van der Waals surface area contributed by atoms with Gasteiger partial charge >= 0.3 is 0 Å². The van der Waals surface area contributed by atoms with Gasteiger partial charge in [-0.1, -0.05) is 36.4 Å². The quantitative estimate of drug-likeness (QED) is 0.717. The Hall–Kier alpha value is -2.20. The summed E-state index contributed by atoms with van der Waals surface area (Å²) in [6, 6.07) is 14.9. The molecule has 4 nitrogen and oxygen atoms in total. The van der Waals surface area contributed by atoms with E-state index in [1.807, 2.05) is 12.3 Å². The standard InChI is InChI=1S/C25H33N3O/c29-24-10-12-25(21-28(24)17-11-23-8-4-15-26-20-23)13-18-27(19-14-25)16-5-9-22-6-2-1-3-7-22/h1-4,6-8,15,20H,5,9-14,16-19,21H2. The third-order valence-corrected chi connectivity index (χ3v) is 6.84. The molecule has 0 unspecified atom stereocenters. The predicted molar refractivity (Wildman–Crippen MR) is 117 cm³/mol. The van der Waals surface area contributed by atoms with Crippen LogP contribution in [0.5, 0.6) is 0 Å². The van der Waals surface area contributed by atoms with Gasteiger partial charge < -0.3 is 9.80 Å². The second-order valence-electron chi connectivity index (χ2n) is 8.86. The number of hydrogen-bond donors (Lipinski definition) is 0. The molecule has 2 aliphatic rings. The maximum Gasteiger partial charge on any atom is 0.222 e. The van der Waals surface area contributed by atoms with Gasteiger partial charge in [0.2, 0.25) is 5.91 Å². The summed E-state index contributed by atoms with van der Waals surface area (Å²) in [5, 5.41) is 0. The molecule has 0 N–H and O–H groups in total. The lowest BCUT2D eigenvalue weighted by Gasteiger charge is -2.47. The molecule has 0 atom stereocenters. The van der Waals surface area contributed by atoms with E-state index in [0.717, 1.165) is 32.4 Å². The lowest BCUT2D eigenvalue weighted by atomic mass is 9.72. The number of piperidine rings is 2. The van der Waals surface area contributed by atoms with E-state index in [0.29, 0.717) is 11.3 Å². The zero-order valence-corrected chi connectivity index (χ0v) is 17.4. The fraction of sp³-hybridized carbons (Fsp3) is 0.520. The lowest BCUT2D eigenvalue weighted by Crippen LogP contribution is -2.52. The van der Waals surface area contributed by atoms with Crippen LogP contribution in [0.4, 0.5) is 0 Å². The minimum absolute atomic E-state index is 0.338. The number of aryl methyl sites for hydroxylation is 1. The molecule has 2 fully saturated rings. The first-order valence-corrected chi connectivity index (χ1v) is 11.2. The molecule has 1 spiro atoms. The zero-order valence-electron chi connectivity index (χ0n) is 17.4. The minimum atomic E-state index is 0.338. The molecule has 154 valence electrons. The molecule has 29 heavy (non-hydrogen) atoms. The Labute approximate surface area is 174 Å². The fourth-order valence-electron chi connectivity index (χ4n) is 4.93. The summed E-state index contributed by atoms with van der Waals surface area (Å²) in [5.74, 6) is 0.338. The van der Waals surface area contributed by atoms with E-state index in [2.05, 4.69) is 51.2 Å². The number of likely N-dealkylation sites (tertiary alicyclic amines) is 2. The summed E-state index contributed by atoms with van der Waals surface area (Å²) in [7, 11) is 0. The van der Waals surface area contributed by atoms with E-state index in [9.17, 15) is 4.79 Å². The number of nitrogens with zero attached hydrogens (tertiary/aromatic N) is 3. The number of aromatic nitrogens is 1. The van der Waals surface area contributed by atoms with E-state index in [1.54, 1.807) is 6.20 Å². The van der Waals surface area contributed by atoms with Crippen LogP contribution in [0.3, 0.4) is 0 Å². The molecule has 4 rings (SSSR count). The van der Waals surface area contributed by atoms with Gasteiger partial charge in [-0.3, -0.25) is 9.78 Å². The van der Waals surface area contributed by atoms with E-state index < -0.39 is 0 Å². The van der Waals surface area contributed by atoms with E-state index >= 15 is 0 Å². The van der Waals surface area contributed by atoms with E-state index in [1.165, 1.54) is 56.4 Å². The number of rotatable bonds is 7. The molecule has 2 aromatic rings. The topological polar surface area (TPSA) is 36.4 Å². The molecule has 2 aliphatic heterocycles. The van der Waals surface area contributed by atoms with Crippen LogP contribution in [0.1, 0.15) is 43.2 Å². The Morgan fingerprint density at radius 3 is 2.45 bits per heavy atom. The molecular formula is C25H33N3O. The third-order valence-electron chi connectivity index (χ3n) is 6.84. The smallest absolute Gasteiger partial charge is 0.222 e. The maximum atomic E-state index is 12.5. The van der Waals surface area contributed by atoms with Crippen molar-refractivity contribution in [2.75, 3.05) is 32.7 Å². The second-order valence-corrected chi connectivity index (χ2v) is 8.86. The zero-order chi connectivity index (χ0) is 19.9. The molecule has 0 saturated carbocycles. The monoisotopic (exact) mass is 391 g/mol. The molecule has 1 aromatic heterocycles. The largest absolute Gasteiger partial charge is 0.342 e. The normalized spacial score (nSPS) is 19.6. The Balaban J connectivity index is 1.23. The molecule has 4 heteroatoms. The Morgan fingerprint density at radius 1 is 0.897 bits per heavy atom. The van der Waals surface area contributed by atoms with Crippen LogP contribution in [0.2, 0.25) is 0 Å². The van der Waals surface area contributed by atoms with Gasteiger partial charge in [0.25, 0.3) is 0 Å². The minimum Gasteiger partial charge on any atom is -0.342 e. The molecular weight excluding hydrogens is 358 g/mol. The van der Waals surface area contributed by atoms with Gasteiger partial charge in [0, 0.05) is 31.9 Å². The number of amides is 1. The second kappa shape index (κ2) is 9.53. The van der Waals surface area contributed by atoms with Crippen molar-refractivity contribution in [2.45, 2.75) is 44.9 Å². The highest BCUT2D eigenvalue weighted by Gasteiger charge is 2.40. The summed E-state index contributed by atoms with van der Waals surface area (Å²) in [6.07, 6.45) is 11.3. The summed E-state index contributed by atoms with van der Waals surface area (Å²) in [5.41, 5.74) is 3.00. The van der Waals surface area contributed by atoms with Crippen molar-refractivity contribution in [1.29, 1.82) is 0 Å². The van der Waals surface area contributed by atoms with Crippen LogP contribution in [-0.4, -0.2) is 53.4 Å². The van der Waals surface area contributed by atoms with Gasteiger partial charge in [0.05, 0.1) is 0 Å². The van der Waals surface area contributed by atoms with Crippen molar-refractivity contribution in [1.82, 2.24) is 14.8 Å². The summed E-state index contributed by atoms with van der Waals surface area (Å²) < 4.78 is 0. The summed E-state index contributed by atoms with van der Waals surface area (Å²) in [6.45, 7) is 5.32. The highest BCUT2D eigenvalue weighted by atomic mass is 16.2. The summed E-state index contributed by atoms with van der Waals surface area (Å²) >= 11 is 0. The lowest BCUT2D eigenvalue weighted by molar-refractivity contribution is -0.139. The summed E-state index contributed by atoms with van der Waals surface area (Å²) in [4.78, 5) is 21.4. The number of benzene rings is 1. The molecule has 1 amide bonds. The number of carbonyl (C=O) groups is 1. The van der Waals surface area contributed by atoms with Crippen molar-refractivity contribution in [3.8, 4) is 0 Å². The SMILES string of the molecule is O=C1CCC2(CCN(CCCc3ccccc3)CC2)CN1CCc1cccnc1. The van der Waals surface area contributed by atoms with Gasteiger partial charge in [0.15, 0.2) is 0 Å². The van der Waals surface area contributed by atoms with Crippen molar-refractivity contribution in [2.24, 2.45) is 5.41 Å². The molecule has 1 aromatic carbocycles. The molecule has 2 saturated heterocycles. The van der Waals surface area contributed by atoms with Crippen molar-refractivity contribution in [3.05, 3.63) is 66.0 Å². The first-order chi connectivity index (χ1) is 14.2. The molecule has 0 radical (unpaired) electrons. The van der Waals surface area contributed by atoms with Gasteiger partial charge in [0.1, 0.15) is 0 Å². The van der Waals surface area contributed by atoms with Crippen molar-refractivity contribution < 1.29 is 4.79 Å². The van der Waals surface area contributed by atoms with Gasteiger partial charge in [-0.15, -0.1) is 0 Å². The van der Waals surface area contributed by atoms with Crippen molar-refractivity contribution >= 4 is 5.91 Å². The number of pyridine rings is 1.